The van der Waals surface area contributed by atoms with Crippen molar-refractivity contribution in [1.29, 1.82) is 0 Å². The van der Waals surface area contributed by atoms with Crippen LogP contribution in [-0.2, 0) is 16.1 Å². The van der Waals surface area contributed by atoms with E-state index in [4.69, 9.17) is 4.74 Å². The van der Waals surface area contributed by atoms with Crippen LogP contribution in [0.25, 0.3) is 0 Å². The fourth-order valence-electron chi connectivity index (χ4n) is 1.96. The van der Waals surface area contributed by atoms with Crippen molar-refractivity contribution in [3.05, 3.63) is 71.3 Å². The van der Waals surface area contributed by atoms with E-state index in [1.807, 2.05) is 0 Å². The maximum absolute atomic E-state index is 13.6. The maximum atomic E-state index is 13.6. The summed E-state index contributed by atoms with van der Waals surface area (Å²) in [6, 6.07) is 11.0. The van der Waals surface area contributed by atoms with Crippen LogP contribution < -0.4 is 5.32 Å². The number of ether oxygens (including phenoxy) is 1. The number of benzene rings is 2. The monoisotopic (exact) mass is 291 g/mol. The Bertz CT molecular complexity index is 614. The quantitative estimate of drug-likeness (QED) is 0.861. The van der Waals surface area contributed by atoms with Crippen LogP contribution in [0.2, 0.25) is 0 Å². The second-order valence-corrected chi connectivity index (χ2v) is 4.48. The Morgan fingerprint density at radius 1 is 1.14 bits per heavy atom. The smallest absolute Gasteiger partial charge is 0.327 e. The Kier molecular flexibility index (Phi) is 5.00. The first-order chi connectivity index (χ1) is 10.1. The van der Waals surface area contributed by atoms with Crippen LogP contribution >= 0.6 is 0 Å². The van der Waals surface area contributed by atoms with E-state index in [9.17, 15) is 13.6 Å². The van der Waals surface area contributed by atoms with E-state index in [2.05, 4.69) is 5.32 Å². The zero-order valence-corrected chi connectivity index (χ0v) is 11.5. The van der Waals surface area contributed by atoms with E-state index < -0.39 is 17.8 Å². The number of rotatable bonds is 5. The average molecular weight is 291 g/mol. The number of hydrogen-bond donors (Lipinski definition) is 1. The van der Waals surface area contributed by atoms with E-state index in [0.29, 0.717) is 11.1 Å². The standard InChI is InChI=1S/C16H15F2NO2/c1-21-16(20)15(11-6-8-13(17)9-7-11)19-10-12-4-2-3-5-14(12)18/h2-9,15,19H,10H2,1H3. The van der Waals surface area contributed by atoms with E-state index in [1.54, 1.807) is 18.2 Å². The van der Waals surface area contributed by atoms with Gasteiger partial charge in [-0.25, -0.2) is 13.6 Å². The Morgan fingerprint density at radius 3 is 2.43 bits per heavy atom. The van der Waals surface area contributed by atoms with Gasteiger partial charge in [0.2, 0.25) is 0 Å². The molecule has 0 aliphatic carbocycles. The second kappa shape index (κ2) is 6.95. The molecule has 2 aromatic rings. The summed E-state index contributed by atoms with van der Waals surface area (Å²) >= 11 is 0. The van der Waals surface area contributed by atoms with Gasteiger partial charge in [-0.15, -0.1) is 0 Å². The SMILES string of the molecule is COC(=O)C(NCc1ccccc1F)c1ccc(F)cc1. The summed E-state index contributed by atoms with van der Waals surface area (Å²) in [5.41, 5.74) is 0.994. The molecule has 0 aromatic heterocycles. The van der Waals surface area contributed by atoms with Crippen molar-refractivity contribution in [2.75, 3.05) is 7.11 Å². The van der Waals surface area contributed by atoms with Crippen LogP contribution in [-0.4, -0.2) is 13.1 Å². The Balaban J connectivity index is 2.16. The minimum Gasteiger partial charge on any atom is -0.468 e. The first-order valence-electron chi connectivity index (χ1n) is 6.42. The van der Waals surface area contributed by atoms with Gasteiger partial charge in [-0.3, -0.25) is 5.32 Å². The molecular formula is C16H15F2NO2. The molecule has 21 heavy (non-hydrogen) atoms. The number of nitrogens with one attached hydrogen (secondary N) is 1. The fourth-order valence-corrected chi connectivity index (χ4v) is 1.96. The van der Waals surface area contributed by atoms with Gasteiger partial charge in [-0.1, -0.05) is 30.3 Å². The topological polar surface area (TPSA) is 38.3 Å². The fraction of sp³-hybridized carbons (Fsp3) is 0.188. The van der Waals surface area contributed by atoms with Gasteiger partial charge in [-0.2, -0.15) is 0 Å². The molecule has 0 saturated carbocycles. The van der Waals surface area contributed by atoms with Crippen molar-refractivity contribution in [2.45, 2.75) is 12.6 Å². The third-order valence-corrected chi connectivity index (χ3v) is 3.09. The summed E-state index contributed by atoms with van der Waals surface area (Å²) in [5.74, 6) is -1.26. The Hall–Kier alpha value is -2.27. The summed E-state index contributed by atoms with van der Waals surface area (Å²) < 4.78 is 31.2. The van der Waals surface area contributed by atoms with E-state index in [-0.39, 0.29) is 12.4 Å². The van der Waals surface area contributed by atoms with Crippen molar-refractivity contribution in [3.63, 3.8) is 0 Å². The number of methoxy groups -OCH3 is 1. The lowest BCUT2D eigenvalue weighted by Gasteiger charge is -2.17. The van der Waals surface area contributed by atoms with Crippen molar-refractivity contribution in [3.8, 4) is 0 Å². The first-order valence-corrected chi connectivity index (χ1v) is 6.42. The molecule has 0 heterocycles. The average Bonchev–Trinajstić information content (AvgIpc) is 2.50. The predicted octanol–water partition coefficient (Wildman–Crippen LogP) is 2.97. The van der Waals surface area contributed by atoms with Crippen LogP contribution in [0, 0.1) is 11.6 Å². The van der Waals surface area contributed by atoms with Gasteiger partial charge in [0.05, 0.1) is 7.11 Å². The van der Waals surface area contributed by atoms with E-state index in [1.165, 1.54) is 37.4 Å². The van der Waals surface area contributed by atoms with Crippen LogP contribution in [0.4, 0.5) is 8.78 Å². The summed E-state index contributed by atoms with van der Waals surface area (Å²) in [4.78, 5) is 11.8. The highest BCUT2D eigenvalue weighted by molar-refractivity contribution is 5.77. The Morgan fingerprint density at radius 2 is 1.81 bits per heavy atom. The van der Waals surface area contributed by atoms with Gasteiger partial charge in [0, 0.05) is 12.1 Å². The van der Waals surface area contributed by atoms with Crippen molar-refractivity contribution in [2.24, 2.45) is 0 Å². The molecule has 0 amide bonds. The van der Waals surface area contributed by atoms with E-state index >= 15 is 0 Å². The molecule has 0 radical (unpaired) electrons. The van der Waals surface area contributed by atoms with Crippen LogP contribution in [0.5, 0.6) is 0 Å². The van der Waals surface area contributed by atoms with Gasteiger partial charge < -0.3 is 4.74 Å². The molecule has 110 valence electrons. The van der Waals surface area contributed by atoms with Gasteiger partial charge in [-0.05, 0) is 23.8 Å². The number of esters is 1. The maximum Gasteiger partial charge on any atom is 0.327 e. The summed E-state index contributed by atoms with van der Waals surface area (Å²) in [6.45, 7) is 0.157. The highest BCUT2D eigenvalue weighted by atomic mass is 19.1. The lowest BCUT2D eigenvalue weighted by molar-refractivity contribution is -0.143. The molecular weight excluding hydrogens is 276 g/mol. The molecule has 0 spiro atoms. The molecule has 0 saturated heterocycles. The number of carbonyl (C=O) groups excluding carboxylic acids is 1. The zero-order chi connectivity index (χ0) is 15.2. The molecule has 0 bridgehead atoms. The lowest BCUT2D eigenvalue weighted by atomic mass is 10.1. The largest absolute Gasteiger partial charge is 0.468 e. The second-order valence-electron chi connectivity index (χ2n) is 4.48. The van der Waals surface area contributed by atoms with Gasteiger partial charge in [0.25, 0.3) is 0 Å². The van der Waals surface area contributed by atoms with Gasteiger partial charge >= 0.3 is 5.97 Å². The molecule has 2 aromatic carbocycles. The predicted molar refractivity (Wildman–Crippen MR) is 74.4 cm³/mol. The molecule has 0 aliphatic rings. The van der Waals surface area contributed by atoms with Crippen molar-refractivity contribution < 1.29 is 18.3 Å². The van der Waals surface area contributed by atoms with Crippen LogP contribution in [0.15, 0.2) is 48.5 Å². The van der Waals surface area contributed by atoms with Crippen LogP contribution in [0.3, 0.4) is 0 Å². The van der Waals surface area contributed by atoms with Crippen molar-refractivity contribution >= 4 is 5.97 Å². The zero-order valence-electron chi connectivity index (χ0n) is 11.5. The molecule has 3 nitrogen and oxygen atoms in total. The Labute approximate surface area is 121 Å². The third kappa shape index (κ3) is 3.86. The van der Waals surface area contributed by atoms with Gasteiger partial charge in [0.1, 0.15) is 17.7 Å². The summed E-state index contributed by atoms with van der Waals surface area (Å²) in [7, 11) is 1.27. The molecule has 0 fully saturated rings. The number of hydrogen-bond acceptors (Lipinski definition) is 3. The third-order valence-electron chi connectivity index (χ3n) is 3.09. The molecule has 2 rings (SSSR count). The lowest BCUT2D eigenvalue weighted by Crippen LogP contribution is -2.29. The van der Waals surface area contributed by atoms with Gasteiger partial charge in [0.15, 0.2) is 0 Å². The van der Waals surface area contributed by atoms with Crippen LogP contribution in [0.1, 0.15) is 17.2 Å². The first kappa shape index (κ1) is 15.1. The van der Waals surface area contributed by atoms with Crippen molar-refractivity contribution in [1.82, 2.24) is 5.32 Å². The molecule has 5 heteroatoms. The molecule has 1 atom stereocenters. The minimum atomic E-state index is -0.782. The number of halogens is 2. The normalized spacial score (nSPS) is 12.0. The summed E-state index contributed by atoms with van der Waals surface area (Å²) in [5, 5.41) is 2.93. The molecule has 1 N–H and O–H groups in total. The minimum absolute atomic E-state index is 0.157. The molecule has 0 aliphatic heterocycles. The number of carbonyl (C=O) groups is 1. The highest BCUT2D eigenvalue weighted by Crippen LogP contribution is 2.17. The molecule has 1 unspecified atom stereocenters. The summed E-state index contributed by atoms with van der Waals surface area (Å²) in [6.07, 6.45) is 0. The van der Waals surface area contributed by atoms with E-state index in [0.717, 1.165) is 0 Å². The highest BCUT2D eigenvalue weighted by Gasteiger charge is 2.21.